The topological polar surface area (TPSA) is 80.6 Å². The van der Waals surface area contributed by atoms with Crippen LogP contribution < -0.4 is 15.4 Å². The molecule has 1 heterocycles. The van der Waals surface area contributed by atoms with Gasteiger partial charge in [0.05, 0.1) is 18.9 Å². The second kappa shape index (κ2) is 8.42. The van der Waals surface area contributed by atoms with Crippen LogP contribution in [-0.4, -0.2) is 18.9 Å². The van der Waals surface area contributed by atoms with Gasteiger partial charge in [-0.1, -0.05) is 23.7 Å². The lowest BCUT2D eigenvalue weighted by Crippen LogP contribution is -2.23. The number of halogens is 1. The van der Waals surface area contributed by atoms with Crippen molar-refractivity contribution in [2.45, 2.75) is 6.54 Å². The first kappa shape index (κ1) is 18.5. The van der Waals surface area contributed by atoms with Gasteiger partial charge in [0.1, 0.15) is 5.75 Å². The molecule has 2 N–H and O–H groups in total. The standard InChI is InChI=1S/C20H17ClN2O4/c1-26-17-8-7-14(21)11-16(17)19(24)22-12-13-4-2-5-15(10-13)23-20(25)18-6-3-9-27-18/h2-11H,12H2,1H3,(H,22,24)(H,23,25). The molecular weight excluding hydrogens is 368 g/mol. The molecule has 0 atom stereocenters. The maximum absolute atomic E-state index is 12.4. The van der Waals surface area contributed by atoms with E-state index < -0.39 is 0 Å². The van der Waals surface area contributed by atoms with Crippen LogP contribution in [0.4, 0.5) is 5.69 Å². The zero-order valence-corrected chi connectivity index (χ0v) is 15.2. The highest BCUT2D eigenvalue weighted by molar-refractivity contribution is 6.31. The van der Waals surface area contributed by atoms with E-state index >= 15 is 0 Å². The molecule has 6 nitrogen and oxygen atoms in total. The van der Waals surface area contributed by atoms with E-state index in [9.17, 15) is 9.59 Å². The maximum atomic E-state index is 12.4. The van der Waals surface area contributed by atoms with Crippen molar-refractivity contribution in [3.8, 4) is 5.75 Å². The molecule has 27 heavy (non-hydrogen) atoms. The Bertz CT molecular complexity index is 954. The average Bonchev–Trinajstić information content (AvgIpc) is 3.21. The highest BCUT2D eigenvalue weighted by atomic mass is 35.5. The highest BCUT2D eigenvalue weighted by Gasteiger charge is 2.13. The van der Waals surface area contributed by atoms with Gasteiger partial charge in [-0.15, -0.1) is 0 Å². The van der Waals surface area contributed by atoms with Crippen molar-refractivity contribution in [1.82, 2.24) is 5.32 Å². The third-order valence-corrected chi connectivity index (χ3v) is 4.02. The number of amides is 2. The van der Waals surface area contributed by atoms with Crippen molar-refractivity contribution in [3.05, 3.63) is 82.8 Å². The van der Waals surface area contributed by atoms with Crippen molar-refractivity contribution in [1.29, 1.82) is 0 Å². The second-order valence-corrected chi connectivity index (χ2v) is 6.10. The van der Waals surface area contributed by atoms with Crippen LogP contribution >= 0.6 is 11.6 Å². The quantitative estimate of drug-likeness (QED) is 0.669. The molecule has 0 aliphatic heterocycles. The highest BCUT2D eigenvalue weighted by Crippen LogP contribution is 2.22. The van der Waals surface area contributed by atoms with Crippen LogP contribution in [0, 0.1) is 0 Å². The number of carbonyl (C=O) groups is 2. The molecule has 7 heteroatoms. The Morgan fingerprint density at radius 2 is 1.93 bits per heavy atom. The minimum Gasteiger partial charge on any atom is -0.496 e. The first-order valence-corrected chi connectivity index (χ1v) is 8.50. The second-order valence-electron chi connectivity index (χ2n) is 5.66. The molecule has 0 saturated heterocycles. The average molecular weight is 385 g/mol. The summed E-state index contributed by atoms with van der Waals surface area (Å²) in [5.41, 5.74) is 1.78. The van der Waals surface area contributed by atoms with Gasteiger partial charge in [0.15, 0.2) is 5.76 Å². The third kappa shape index (κ3) is 4.68. The largest absolute Gasteiger partial charge is 0.496 e. The number of ether oxygens (including phenoxy) is 1. The van der Waals surface area contributed by atoms with E-state index in [0.717, 1.165) is 5.56 Å². The smallest absolute Gasteiger partial charge is 0.291 e. The molecule has 1 aromatic heterocycles. The minimum atomic E-state index is -0.343. The number of furan rings is 1. The first-order valence-electron chi connectivity index (χ1n) is 8.12. The normalized spacial score (nSPS) is 10.3. The summed E-state index contributed by atoms with van der Waals surface area (Å²) in [6.45, 7) is 0.277. The Labute approximate surface area is 161 Å². The van der Waals surface area contributed by atoms with E-state index in [0.29, 0.717) is 22.0 Å². The van der Waals surface area contributed by atoms with Gasteiger partial charge in [0.2, 0.25) is 0 Å². The van der Waals surface area contributed by atoms with E-state index in [4.69, 9.17) is 20.8 Å². The SMILES string of the molecule is COc1ccc(Cl)cc1C(=O)NCc1cccc(NC(=O)c2ccco2)c1. The summed E-state index contributed by atoms with van der Waals surface area (Å²) >= 11 is 5.96. The van der Waals surface area contributed by atoms with Crippen LogP contribution in [0.5, 0.6) is 5.75 Å². The maximum Gasteiger partial charge on any atom is 0.291 e. The number of hydrogen-bond donors (Lipinski definition) is 2. The van der Waals surface area contributed by atoms with Gasteiger partial charge in [-0.25, -0.2) is 0 Å². The Morgan fingerprint density at radius 1 is 1.07 bits per heavy atom. The number of carbonyl (C=O) groups excluding carboxylic acids is 2. The summed E-state index contributed by atoms with van der Waals surface area (Å²) in [5, 5.41) is 6.01. The number of benzene rings is 2. The van der Waals surface area contributed by atoms with Gasteiger partial charge in [-0.05, 0) is 48.0 Å². The number of rotatable bonds is 6. The van der Waals surface area contributed by atoms with E-state index in [-0.39, 0.29) is 24.1 Å². The Balaban J connectivity index is 1.65. The number of anilines is 1. The molecule has 2 aromatic carbocycles. The van der Waals surface area contributed by atoms with Crippen molar-refractivity contribution >= 4 is 29.1 Å². The molecular formula is C20H17ClN2O4. The predicted octanol–water partition coefficient (Wildman–Crippen LogP) is 4.12. The minimum absolute atomic E-state index is 0.224. The summed E-state index contributed by atoms with van der Waals surface area (Å²) in [5.74, 6) is 0.0161. The zero-order chi connectivity index (χ0) is 19.2. The molecule has 0 saturated carbocycles. The van der Waals surface area contributed by atoms with Gasteiger partial charge in [-0.3, -0.25) is 9.59 Å². The summed E-state index contributed by atoms with van der Waals surface area (Å²) < 4.78 is 10.3. The molecule has 0 radical (unpaired) electrons. The van der Waals surface area contributed by atoms with Gasteiger partial charge in [0.25, 0.3) is 11.8 Å². The number of nitrogens with one attached hydrogen (secondary N) is 2. The van der Waals surface area contributed by atoms with E-state index in [2.05, 4.69) is 10.6 Å². The van der Waals surface area contributed by atoms with Crippen molar-refractivity contribution in [2.24, 2.45) is 0 Å². The Hall–Kier alpha value is -3.25. The van der Waals surface area contributed by atoms with E-state index in [1.54, 1.807) is 48.5 Å². The first-order chi connectivity index (χ1) is 13.1. The number of methoxy groups -OCH3 is 1. The molecule has 0 aliphatic carbocycles. The molecule has 3 aromatic rings. The van der Waals surface area contributed by atoms with Crippen molar-refractivity contribution < 1.29 is 18.7 Å². The van der Waals surface area contributed by atoms with E-state index in [1.807, 2.05) is 6.07 Å². The lowest BCUT2D eigenvalue weighted by atomic mass is 10.1. The summed E-state index contributed by atoms with van der Waals surface area (Å²) in [7, 11) is 1.49. The van der Waals surface area contributed by atoms with E-state index in [1.165, 1.54) is 13.4 Å². The number of hydrogen-bond acceptors (Lipinski definition) is 4. The molecule has 0 unspecified atom stereocenters. The fourth-order valence-electron chi connectivity index (χ4n) is 2.49. The van der Waals surface area contributed by atoms with Crippen LogP contribution in [-0.2, 0) is 6.54 Å². The Morgan fingerprint density at radius 3 is 2.67 bits per heavy atom. The summed E-state index contributed by atoms with van der Waals surface area (Å²) in [6.07, 6.45) is 1.44. The van der Waals surface area contributed by atoms with Crippen LogP contribution in [0.15, 0.2) is 65.3 Å². The summed E-state index contributed by atoms with van der Waals surface area (Å²) in [6, 6.07) is 15.2. The molecule has 0 spiro atoms. The molecule has 2 amide bonds. The lowest BCUT2D eigenvalue weighted by Gasteiger charge is -2.11. The molecule has 138 valence electrons. The molecule has 0 aliphatic rings. The molecule has 0 bridgehead atoms. The van der Waals surface area contributed by atoms with Crippen molar-refractivity contribution in [2.75, 3.05) is 12.4 Å². The fraction of sp³-hybridized carbons (Fsp3) is 0.100. The fourth-order valence-corrected chi connectivity index (χ4v) is 2.67. The van der Waals surface area contributed by atoms with Gasteiger partial charge in [0, 0.05) is 17.3 Å². The van der Waals surface area contributed by atoms with Crippen LogP contribution in [0.2, 0.25) is 5.02 Å². The van der Waals surface area contributed by atoms with Gasteiger partial charge < -0.3 is 19.8 Å². The summed E-state index contributed by atoms with van der Waals surface area (Å²) in [4.78, 5) is 24.5. The monoisotopic (exact) mass is 384 g/mol. The van der Waals surface area contributed by atoms with Gasteiger partial charge >= 0.3 is 0 Å². The van der Waals surface area contributed by atoms with Crippen LogP contribution in [0.25, 0.3) is 0 Å². The van der Waals surface area contributed by atoms with Crippen molar-refractivity contribution in [3.63, 3.8) is 0 Å². The zero-order valence-electron chi connectivity index (χ0n) is 14.5. The van der Waals surface area contributed by atoms with Gasteiger partial charge in [-0.2, -0.15) is 0 Å². The predicted molar refractivity (Wildman–Crippen MR) is 102 cm³/mol. The molecule has 0 fully saturated rings. The molecule has 3 rings (SSSR count). The third-order valence-electron chi connectivity index (χ3n) is 3.79. The Kier molecular flexibility index (Phi) is 5.78. The van der Waals surface area contributed by atoms with Crippen LogP contribution in [0.3, 0.4) is 0 Å². The lowest BCUT2D eigenvalue weighted by molar-refractivity contribution is 0.0946. The van der Waals surface area contributed by atoms with Crippen LogP contribution in [0.1, 0.15) is 26.5 Å².